The molecule has 0 saturated heterocycles. The first-order chi connectivity index (χ1) is 9.15. The number of carbonyl (C=O) groups excluding carboxylic acids is 1. The van der Waals surface area contributed by atoms with Gasteiger partial charge in [0.05, 0.1) is 5.56 Å². The van der Waals surface area contributed by atoms with Gasteiger partial charge < -0.3 is 15.0 Å². The summed E-state index contributed by atoms with van der Waals surface area (Å²) in [7, 11) is 4.04. The van der Waals surface area contributed by atoms with Gasteiger partial charge in [-0.2, -0.15) is 0 Å². The van der Waals surface area contributed by atoms with E-state index >= 15 is 0 Å². The largest absolute Gasteiger partial charge is 0.491 e. The molecule has 1 aromatic rings. The minimum absolute atomic E-state index is 0.0398. The van der Waals surface area contributed by atoms with E-state index in [1.54, 1.807) is 13.0 Å². The van der Waals surface area contributed by atoms with Crippen molar-refractivity contribution >= 4 is 5.78 Å². The summed E-state index contributed by atoms with van der Waals surface area (Å²) in [5.74, 6) is 0.719. The summed E-state index contributed by atoms with van der Waals surface area (Å²) in [6.07, 6.45) is 1.12. The lowest BCUT2D eigenvalue weighted by Gasteiger charge is -2.17. The average Bonchev–Trinajstić information content (AvgIpc) is 2.39. The van der Waals surface area contributed by atoms with Crippen molar-refractivity contribution in [1.29, 1.82) is 0 Å². The van der Waals surface area contributed by atoms with Crippen LogP contribution in [0.1, 0.15) is 23.7 Å². The topological polar surface area (TPSA) is 41.6 Å². The van der Waals surface area contributed by atoms with Crippen LogP contribution in [0.3, 0.4) is 0 Å². The molecule has 0 fully saturated rings. The second kappa shape index (κ2) is 8.67. The van der Waals surface area contributed by atoms with Gasteiger partial charge in [0, 0.05) is 6.54 Å². The van der Waals surface area contributed by atoms with Crippen LogP contribution in [0.2, 0.25) is 0 Å². The molecular weight excluding hydrogens is 240 g/mol. The number of ketones is 1. The number of benzene rings is 1. The van der Waals surface area contributed by atoms with Gasteiger partial charge in [0.15, 0.2) is 5.78 Å². The van der Waals surface area contributed by atoms with Crippen LogP contribution in [0, 0.1) is 0 Å². The standard InChI is InChI=1S/C15H24N2O2/c1-13(18)14-7-4-5-8-15(14)19-12-11-17(3)10-6-9-16-2/h4-5,7-8,16H,6,9-12H2,1-3H3. The second-order valence-electron chi connectivity index (χ2n) is 4.66. The second-order valence-corrected chi connectivity index (χ2v) is 4.66. The van der Waals surface area contributed by atoms with Crippen molar-refractivity contribution in [2.24, 2.45) is 0 Å². The average molecular weight is 264 g/mol. The third-order valence-corrected chi connectivity index (χ3v) is 2.96. The molecule has 0 aliphatic rings. The van der Waals surface area contributed by atoms with Gasteiger partial charge in [-0.1, -0.05) is 12.1 Å². The third-order valence-electron chi connectivity index (χ3n) is 2.96. The number of Topliss-reactive ketones (excluding diaryl/α,β-unsaturated/α-hetero) is 1. The predicted molar refractivity (Wildman–Crippen MR) is 78.0 cm³/mol. The minimum atomic E-state index is 0.0398. The first kappa shape index (κ1) is 15.7. The van der Waals surface area contributed by atoms with E-state index in [2.05, 4.69) is 17.3 Å². The molecule has 0 saturated carbocycles. The van der Waals surface area contributed by atoms with Crippen LogP contribution in [-0.2, 0) is 0 Å². The Labute approximate surface area is 115 Å². The summed E-state index contributed by atoms with van der Waals surface area (Å²) in [5, 5.41) is 3.13. The molecule has 0 aromatic heterocycles. The van der Waals surface area contributed by atoms with Gasteiger partial charge >= 0.3 is 0 Å². The van der Waals surface area contributed by atoms with Crippen LogP contribution in [0.4, 0.5) is 0 Å². The van der Waals surface area contributed by atoms with Crippen LogP contribution in [0.25, 0.3) is 0 Å². The summed E-state index contributed by atoms with van der Waals surface area (Å²) >= 11 is 0. The molecule has 0 heterocycles. The van der Waals surface area contributed by atoms with E-state index in [0.29, 0.717) is 17.9 Å². The molecule has 0 amide bonds. The number of carbonyl (C=O) groups is 1. The van der Waals surface area contributed by atoms with Crippen LogP contribution >= 0.6 is 0 Å². The highest BCUT2D eigenvalue weighted by Gasteiger charge is 2.07. The quantitative estimate of drug-likeness (QED) is 0.545. The number of hydrogen-bond donors (Lipinski definition) is 1. The number of likely N-dealkylation sites (N-methyl/N-ethyl adjacent to an activating group) is 1. The van der Waals surface area contributed by atoms with E-state index in [1.807, 2.05) is 25.2 Å². The Hall–Kier alpha value is -1.39. The lowest BCUT2D eigenvalue weighted by molar-refractivity contribution is 0.101. The maximum atomic E-state index is 11.4. The van der Waals surface area contributed by atoms with E-state index < -0.39 is 0 Å². The van der Waals surface area contributed by atoms with Gasteiger partial charge in [-0.05, 0) is 52.7 Å². The van der Waals surface area contributed by atoms with Crippen LogP contribution in [-0.4, -0.2) is 51.0 Å². The van der Waals surface area contributed by atoms with Gasteiger partial charge in [-0.15, -0.1) is 0 Å². The number of para-hydroxylation sites is 1. The Bertz CT molecular complexity index is 393. The zero-order valence-corrected chi connectivity index (χ0v) is 12.1. The highest BCUT2D eigenvalue weighted by molar-refractivity contribution is 5.96. The minimum Gasteiger partial charge on any atom is -0.491 e. The van der Waals surface area contributed by atoms with Crippen LogP contribution in [0.15, 0.2) is 24.3 Å². The molecule has 0 unspecified atom stereocenters. The summed E-state index contributed by atoms with van der Waals surface area (Å²) in [5.41, 5.74) is 0.653. The van der Waals surface area contributed by atoms with Crippen molar-refractivity contribution in [3.63, 3.8) is 0 Å². The maximum Gasteiger partial charge on any atom is 0.163 e. The monoisotopic (exact) mass is 264 g/mol. The van der Waals surface area contributed by atoms with Crippen molar-refractivity contribution in [3.8, 4) is 5.75 Å². The highest BCUT2D eigenvalue weighted by atomic mass is 16.5. The fourth-order valence-corrected chi connectivity index (χ4v) is 1.83. The molecule has 0 radical (unpaired) electrons. The summed E-state index contributed by atoms with van der Waals surface area (Å²) in [6, 6.07) is 7.39. The van der Waals surface area contributed by atoms with Crippen molar-refractivity contribution in [1.82, 2.24) is 10.2 Å². The molecule has 0 bridgehead atoms. The molecule has 4 heteroatoms. The Morgan fingerprint density at radius 1 is 1.32 bits per heavy atom. The van der Waals surface area contributed by atoms with Gasteiger partial charge in [0.25, 0.3) is 0 Å². The molecule has 0 aliphatic carbocycles. The Morgan fingerprint density at radius 2 is 2.05 bits per heavy atom. The molecule has 4 nitrogen and oxygen atoms in total. The predicted octanol–water partition coefficient (Wildman–Crippen LogP) is 1.81. The molecule has 1 aromatic carbocycles. The molecule has 0 atom stereocenters. The van der Waals surface area contributed by atoms with E-state index in [4.69, 9.17) is 4.74 Å². The normalized spacial score (nSPS) is 10.7. The lowest BCUT2D eigenvalue weighted by atomic mass is 10.1. The molecule has 0 aliphatic heterocycles. The fourth-order valence-electron chi connectivity index (χ4n) is 1.83. The number of nitrogens with zero attached hydrogens (tertiary/aromatic N) is 1. The summed E-state index contributed by atoms with van der Waals surface area (Å²) in [4.78, 5) is 13.7. The fraction of sp³-hybridized carbons (Fsp3) is 0.533. The Kier molecular flexibility index (Phi) is 7.15. The smallest absolute Gasteiger partial charge is 0.163 e. The number of hydrogen-bond acceptors (Lipinski definition) is 4. The Balaban J connectivity index is 2.35. The van der Waals surface area contributed by atoms with Gasteiger partial charge in [0.2, 0.25) is 0 Å². The number of ether oxygens (including phenoxy) is 1. The van der Waals surface area contributed by atoms with Crippen molar-refractivity contribution < 1.29 is 9.53 Å². The van der Waals surface area contributed by atoms with E-state index in [9.17, 15) is 4.79 Å². The van der Waals surface area contributed by atoms with Crippen molar-refractivity contribution in [2.45, 2.75) is 13.3 Å². The third kappa shape index (κ3) is 5.85. The zero-order valence-electron chi connectivity index (χ0n) is 12.1. The zero-order chi connectivity index (χ0) is 14.1. The molecular formula is C15H24N2O2. The molecule has 106 valence electrons. The molecule has 19 heavy (non-hydrogen) atoms. The lowest BCUT2D eigenvalue weighted by Crippen LogP contribution is -2.27. The Morgan fingerprint density at radius 3 is 2.74 bits per heavy atom. The summed E-state index contributed by atoms with van der Waals surface area (Å²) in [6.45, 7) is 5.08. The molecule has 1 rings (SSSR count). The van der Waals surface area contributed by atoms with E-state index in [1.165, 1.54) is 0 Å². The first-order valence-electron chi connectivity index (χ1n) is 6.71. The van der Waals surface area contributed by atoms with E-state index in [-0.39, 0.29) is 5.78 Å². The SMILES string of the molecule is CNCCCN(C)CCOc1ccccc1C(C)=O. The number of nitrogens with one attached hydrogen (secondary N) is 1. The van der Waals surface area contributed by atoms with Crippen LogP contribution < -0.4 is 10.1 Å². The van der Waals surface area contributed by atoms with Gasteiger partial charge in [-0.25, -0.2) is 0 Å². The summed E-state index contributed by atoms with van der Waals surface area (Å²) < 4.78 is 5.70. The molecule has 1 N–H and O–H groups in total. The maximum absolute atomic E-state index is 11.4. The van der Waals surface area contributed by atoms with Gasteiger partial charge in [0.1, 0.15) is 12.4 Å². The van der Waals surface area contributed by atoms with Crippen molar-refractivity contribution in [2.75, 3.05) is 40.3 Å². The van der Waals surface area contributed by atoms with Gasteiger partial charge in [-0.3, -0.25) is 4.79 Å². The first-order valence-corrected chi connectivity index (χ1v) is 6.71. The number of rotatable bonds is 9. The highest BCUT2D eigenvalue weighted by Crippen LogP contribution is 2.18. The van der Waals surface area contributed by atoms with Crippen molar-refractivity contribution in [3.05, 3.63) is 29.8 Å². The molecule has 0 spiro atoms. The van der Waals surface area contributed by atoms with E-state index in [0.717, 1.165) is 26.1 Å². The van der Waals surface area contributed by atoms with Crippen LogP contribution in [0.5, 0.6) is 5.75 Å².